The van der Waals surface area contributed by atoms with E-state index in [2.05, 4.69) is 5.32 Å². The molecule has 4 heteroatoms. The molecule has 4 nitrogen and oxygen atoms in total. The first kappa shape index (κ1) is 10.4. The van der Waals surface area contributed by atoms with Gasteiger partial charge in [-0.1, -0.05) is 6.92 Å². The number of rotatable bonds is 6. The Labute approximate surface area is 66.2 Å². The van der Waals surface area contributed by atoms with E-state index < -0.39 is 12.0 Å². The van der Waals surface area contributed by atoms with Crippen molar-refractivity contribution in [1.29, 1.82) is 0 Å². The predicted octanol–water partition coefficient (Wildman–Crippen LogP) is -0.178. The van der Waals surface area contributed by atoms with E-state index in [-0.39, 0.29) is 13.0 Å². The highest BCUT2D eigenvalue weighted by atomic mass is 16.4. The third-order valence-electron chi connectivity index (χ3n) is 1.36. The van der Waals surface area contributed by atoms with Crippen LogP contribution in [0.3, 0.4) is 0 Å². The minimum absolute atomic E-state index is 0.0896. The summed E-state index contributed by atoms with van der Waals surface area (Å²) in [6.45, 7) is 2.55. The van der Waals surface area contributed by atoms with Crippen LogP contribution in [0.1, 0.15) is 19.8 Å². The Kier molecular flexibility index (Phi) is 5.78. The molecule has 0 unspecified atom stereocenters. The van der Waals surface area contributed by atoms with Crippen LogP contribution in [0, 0.1) is 0 Å². The van der Waals surface area contributed by atoms with Crippen molar-refractivity contribution in [1.82, 2.24) is 5.32 Å². The van der Waals surface area contributed by atoms with Crippen LogP contribution in [-0.4, -0.2) is 35.4 Å². The molecule has 0 aromatic carbocycles. The van der Waals surface area contributed by atoms with E-state index >= 15 is 0 Å². The zero-order chi connectivity index (χ0) is 8.69. The summed E-state index contributed by atoms with van der Waals surface area (Å²) in [5, 5.41) is 19.8. The third-order valence-corrected chi connectivity index (χ3v) is 1.36. The topological polar surface area (TPSA) is 69.6 Å². The van der Waals surface area contributed by atoms with Gasteiger partial charge in [0.15, 0.2) is 0 Å². The molecule has 11 heavy (non-hydrogen) atoms. The number of aliphatic hydroxyl groups is 1. The van der Waals surface area contributed by atoms with E-state index in [1.807, 2.05) is 6.92 Å². The maximum atomic E-state index is 10.4. The van der Waals surface area contributed by atoms with Crippen LogP contribution in [0.5, 0.6) is 0 Å². The molecule has 0 fully saturated rings. The second kappa shape index (κ2) is 6.12. The molecule has 0 aliphatic heterocycles. The molecule has 0 amide bonds. The number of nitrogens with one attached hydrogen (secondary N) is 1. The number of carboxylic acids is 1. The summed E-state index contributed by atoms with van der Waals surface area (Å²) in [5.74, 6) is -0.896. The maximum Gasteiger partial charge on any atom is 0.320 e. The highest BCUT2D eigenvalue weighted by Crippen LogP contribution is 1.90. The SMILES string of the molecule is CCCN[C@@H](CCO)C(=O)O. The molecule has 0 rings (SSSR count). The van der Waals surface area contributed by atoms with Crippen LogP contribution in [0.15, 0.2) is 0 Å². The lowest BCUT2D eigenvalue weighted by Gasteiger charge is -2.11. The molecule has 0 aliphatic carbocycles. The Morgan fingerprint density at radius 3 is 2.64 bits per heavy atom. The lowest BCUT2D eigenvalue weighted by molar-refractivity contribution is -0.139. The molecule has 0 aromatic heterocycles. The number of carboxylic acid groups (broad SMARTS) is 1. The van der Waals surface area contributed by atoms with E-state index in [1.54, 1.807) is 0 Å². The first-order chi connectivity index (χ1) is 5.22. The first-order valence-electron chi connectivity index (χ1n) is 3.79. The van der Waals surface area contributed by atoms with E-state index in [9.17, 15) is 4.79 Å². The Morgan fingerprint density at radius 1 is 1.64 bits per heavy atom. The fourth-order valence-corrected chi connectivity index (χ4v) is 0.761. The summed E-state index contributed by atoms with van der Waals surface area (Å²) in [6.07, 6.45) is 1.17. The second-order valence-electron chi connectivity index (χ2n) is 2.36. The number of hydrogen-bond donors (Lipinski definition) is 3. The highest BCUT2D eigenvalue weighted by molar-refractivity contribution is 5.73. The highest BCUT2D eigenvalue weighted by Gasteiger charge is 2.14. The van der Waals surface area contributed by atoms with Crippen LogP contribution in [0.25, 0.3) is 0 Å². The van der Waals surface area contributed by atoms with E-state index in [4.69, 9.17) is 10.2 Å². The summed E-state index contributed by atoms with van der Waals surface area (Å²) >= 11 is 0. The van der Waals surface area contributed by atoms with E-state index in [0.717, 1.165) is 6.42 Å². The molecule has 1 atom stereocenters. The lowest BCUT2D eigenvalue weighted by Crippen LogP contribution is -2.37. The Balaban J connectivity index is 3.60. The summed E-state index contributed by atoms with van der Waals surface area (Å²) < 4.78 is 0. The van der Waals surface area contributed by atoms with Gasteiger partial charge in [-0.25, -0.2) is 0 Å². The Hall–Kier alpha value is -0.610. The van der Waals surface area contributed by atoms with E-state index in [0.29, 0.717) is 6.54 Å². The standard InChI is InChI=1S/C7H15NO3/c1-2-4-8-6(3-5-9)7(10)11/h6,8-9H,2-5H2,1H3,(H,10,11)/t6-/m0/s1. The predicted molar refractivity (Wildman–Crippen MR) is 41.4 cm³/mol. The zero-order valence-electron chi connectivity index (χ0n) is 6.71. The van der Waals surface area contributed by atoms with E-state index in [1.165, 1.54) is 0 Å². The van der Waals surface area contributed by atoms with Crippen LogP contribution < -0.4 is 5.32 Å². The average Bonchev–Trinajstić information content (AvgIpc) is 1.97. The average molecular weight is 161 g/mol. The van der Waals surface area contributed by atoms with Crippen molar-refractivity contribution in [3.63, 3.8) is 0 Å². The number of carbonyl (C=O) groups is 1. The van der Waals surface area contributed by atoms with Crippen LogP contribution >= 0.6 is 0 Å². The van der Waals surface area contributed by atoms with Crippen molar-refractivity contribution in [2.45, 2.75) is 25.8 Å². The molecule has 0 aliphatic rings. The van der Waals surface area contributed by atoms with Crippen molar-refractivity contribution in [3.05, 3.63) is 0 Å². The zero-order valence-corrected chi connectivity index (χ0v) is 6.71. The second-order valence-corrected chi connectivity index (χ2v) is 2.36. The molecule has 0 saturated heterocycles. The number of aliphatic hydroxyl groups excluding tert-OH is 1. The minimum Gasteiger partial charge on any atom is -0.480 e. The monoisotopic (exact) mass is 161 g/mol. The summed E-state index contributed by atoms with van der Waals surface area (Å²) in [6, 6.07) is -0.597. The first-order valence-corrected chi connectivity index (χ1v) is 3.79. The fraction of sp³-hybridized carbons (Fsp3) is 0.857. The van der Waals surface area contributed by atoms with Gasteiger partial charge in [0.25, 0.3) is 0 Å². The maximum absolute atomic E-state index is 10.4. The van der Waals surface area contributed by atoms with Gasteiger partial charge in [-0.15, -0.1) is 0 Å². The molecular weight excluding hydrogens is 146 g/mol. The van der Waals surface area contributed by atoms with Crippen molar-refractivity contribution >= 4 is 5.97 Å². The molecular formula is C7H15NO3. The van der Waals surface area contributed by atoms with Crippen LogP contribution in [-0.2, 0) is 4.79 Å². The van der Waals surface area contributed by atoms with Crippen molar-refractivity contribution < 1.29 is 15.0 Å². The molecule has 3 N–H and O–H groups in total. The van der Waals surface area contributed by atoms with Gasteiger partial charge in [-0.05, 0) is 19.4 Å². The van der Waals surface area contributed by atoms with Crippen molar-refractivity contribution in [3.8, 4) is 0 Å². The molecule has 0 saturated carbocycles. The van der Waals surface area contributed by atoms with Gasteiger partial charge in [0.05, 0.1) is 0 Å². The molecule has 0 heterocycles. The molecule has 66 valence electrons. The lowest BCUT2D eigenvalue weighted by atomic mass is 10.2. The van der Waals surface area contributed by atoms with Gasteiger partial charge in [-0.3, -0.25) is 4.79 Å². The van der Waals surface area contributed by atoms with Crippen molar-refractivity contribution in [2.24, 2.45) is 0 Å². The normalized spacial score (nSPS) is 12.9. The minimum atomic E-state index is -0.896. The Bertz CT molecular complexity index is 116. The van der Waals surface area contributed by atoms with Gasteiger partial charge in [-0.2, -0.15) is 0 Å². The Morgan fingerprint density at radius 2 is 2.27 bits per heavy atom. The van der Waals surface area contributed by atoms with Crippen LogP contribution in [0.4, 0.5) is 0 Å². The van der Waals surface area contributed by atoms with Gasteiger partial charge in [0.2, 0.25) is 0 Å². The van der Waals surface area contributed by atoms with Gasteiger partial charge >= 0.3 is 5.97 Å². The quantitative estimate of drug-likeness (QED) is 0.505. The third kappa shape index (κ3) is 4.75. The van der Waals surface area contributed by atoms with Gasteiger partial charge in [0, 0.05) is 6.61 Å². The van der Waals surface area contributed by atoms with Crippen LogP contribution in [0.2, 0.25) is 0 Å². The summed E-state index contributed by atoms with van der Waals surface area (Å²) in [5.41, 5.74) is 0. The molecule has 0 spiro atoms. The smallest absolute Gasteiger partial charge is 0.320 e. The fourth-order valence-electron chi connectivity index (χ4n) is 0.761. The number of aliphatic carboxylic acids is 1. The largest absolute Gasteiger partial charge is 0.480 e. The number of hydrogen-bond acceptors (Lipinski definition) is 3. The van der Waals surface area contributed by atoms with Gasteiger partial charge in [0.1, 0.15) is 6.04 Å². The molecule has 0 radical (unpaired) electrons. The molecule has 0 aromatic rings. The van der Waals surface area contributed by atoms with Crippen molar-refractivity contribution in [2.75, 3.05) is 13.2 Å². The summed E-state index contributed by atoms with van der Waals surface area (Å²) in [4.78, 5) is 10.4. The van der Waals surface area contributed by atoms with Gasteiger partial charge < -0.3 is 15.5 Å². The summed E-state index contributed by atoms with van der Waals surface area (Å²) in [7, 11) is 0. The molecule has 0 bridgehead atoms.